The summed E-state index contributed by atoms with van der Waals surface area (Å²) in [5.41, 5.74) is 0. The number of hydrogen-bond acceptors (Lipinski definition) is 3. The monoisotopic (exact) mass is 464 g/mol. The van der Waals surface area contributed by atoms with Gasteiger partial charge in [0.2, 0.25) is 0 Å². The fourth-order valence-corrected chi connectivity index (χ4v) is 3.93. The van der Waals surface area contributed by atoms with Crippen LogP contribution in [0.5, 0.6) is 0 Å². The van der Waals surface area contributed by atoms with Gasteiger partial charge in [-0.15, -0.1) is 23.2 Å². The Morgan fingerprint density at radius 3 is 2.20 bits per heavy atom. The summed E-state index contributed by atoms with van der Waals surface area (Å²) >= 11 is 11.4. The molecule has 0 radical (unpaired) electrons. The first-order valence-corrected chi connectivity index (χ1v) is 13.0. The molecule has 1 aromatic rings. The molecule has 0 fully saturated rings. The number of aliphatic hydroxyl groups is 2. The predicted octanol–water partition coefficient (Wildman–Crippen LogP) is 4.03. The van der Waals surface area contributed by atoms with Crippen molar-refractivity contribution >= 4 is 23.2 Å². The molecule has 0 aliphatic carbocycles. The van der Waals surface area contributed by atoms with E-state index in [0.29, 0.717) is 13.1 Å². The maximum absolute atomic E-state index is 9.99. The van der Waals surface area contributed by atoms with Crippen LogP contribution in [0.3, 0.4) is 0 Å². The zero-order chi connectivity index (χ0) is 22.0. The van der Waals surface area contributed by atoms with Crippen molar-refractivity contribution < 1.29 is 14.8 Å². The van der Waals surface area contributed by atoms with Crippen molar-refractivity contribution in [2.24, 2.45) is 0 Å². The van der Waals surface area contributed by atoms with E-state index in [0.717, 1.165) is 25.9 Å². The van der Waals surface area contributed by atoms with Gasteiger partial charge >= 0.3 is 0 Å². The fraction of sp³-hybridized carbons (Fsp3) is 0.870. The van der Waals surface area contributed by atoms with Crippen LogP contribution in [-0.2, 0) is 19.5 Å². The molecular weight excluding hydrogens is 421 g/mol. The molecule has 176 valence electrons. The summed E-state index contributed by atoms with van der Waals surface area (Å²) in [4.78, 5) is 0. The topological polar surface area (TPSA) is 61.3 Å². The van der Waals surface area contributed by atoms with Gasteiger partial charge in [0.05, 0.1) is 18.5 Å². The summed E-state index contributed by atoms with van der Waals surface area (Å²) in [7, 11) is 0. The molecule has 0 amide bonds. The highest BCUT2D eigenvalue weighted by Gasteiger charge is 2.19. The van der Waals surface area contributed by atoms with Gasteiger partial charge < -0.3 is 15.5 Å². The number of unbranched alkanes of at least 4 members (excludes halogenated alkanes) is 8. The Morgan fingerprint density at radius 1 is 0.933 bits per heavy atom. The Hall–Kier alpha value is -0.330. The van der Waals surface area contributed by atoms with E-state index in [1.165, 1.54) is 63.6 Å². The number of aliphatic hydroxyl groups excluding tert-OH is 2. The average Bonchev–Trinajstić information content (AvgIpc) is 3.13. The van der Waals surface area contributed by atoms with Crippen molar-refractivity contribution in [2.45, 2.75) is 103 Å². The molecule has 1 aromatic heterocycles. The lowest BCUT2D eigenvalue weighted by molar-refractivity contribution is -0.709. The highest BCUT2D eigenvalue weighted by atomic mass is 35.5. The zero-order valence-corrected chi connectivity index (χ0v) is 20.4. The Balaban J connectivity index is 2.41. The van der Waals surface area contributed by atoms with Crippen LogP contribution in [0.15, 0.2) is 12.4 Å². The molecule has 1 rings (SSSR count). The molecule has 0 spiro atoms. The first-order chi connectivity index (χ1) is 14.6. The third-order valence-corrected chi connectivity index (χ3v) is 6.20. The first-order valence-electron chi connectivity index (χ1n) is 11.9. The second-order valence-electron chi connectivity index (χ2n) is 8.31. The number of aryl methyl sites for hydroxylation is 1. The van der Waals surface area contributed by atoms with Crippen molar-refractivity contribution in [1.29, 1.82) is 0 Å². The summed E-state index contributed by atoms with van der Waals surface area (Å²) < 4.78 is 4.45. The molecule has 0 saturated heterocycles. The predicted molar refractivity (Wildman–Crippen MR) is 126 cm³/mol. The summed E-state index contributed by atoms with van der Waals surface area (Å²) in [6.07, 6.45) is 17.1. The van der Waals surface area contributed by atoms with Gasteiger partial charge in [-0.3, -0.25) is 0 Å². The molecule has 0 aromatic carbocycles. The lowest BCUT2D eigenvalue weighted by atomic mass is 10.1. The van der Waals surface area contributed by atoms with E-state index < -0.39 is 12.2 Å². The van der Waals surface area contributed by atoms with Crippen LogP contribution in [-0.4, -0.2) is 51.8 Å². The Labute approximate surface area is 193 Å². The molecular formula is C23H44Cl2N3O2+. The van der Waals surface area contributed by atoms with E-state index in [9.17, 15) is 10.2 Å². The van der Waals surface area contributed by atoms with Gasteiger partial charge in [-0.1, -0.05) is 58.3 Å². The van der Waals surface area contributed by atoms with E-state index >= 15 is 0 Å². The number of halogens is 2. The molecule has 3 N–H and O–H groups in total. The third-order valence-electron chi connectivity index (χ3n) is 5.49. The summed E-state index contributed by atoms with van der Waals surface area (Å²) in [6, 6.07) is 0. The van der Waals surface area contributed by atoms with Crippen LogP contribution in [0.1, 0.15) is 77.0 Å². The number of rotatable bonds is 20. The first kappa shape index (κ1) is 27.7. The molecule has 5 nitrogen and oxygen atoms in total. The lowest BCUT2D eigenvalue weighted by Crippen LogP contribution is -2.43. The lowest BCUT2D eigenvalue weighted by Gasteiger charge is -2.10. The van der Waals surface area contributed by atoms with Crippen LogP contribution < -0.4 is 9.88 Å². The SMILES string of the molecule is CCCCCCCCCCCc1n(CCCNCC(O)CCl)cc[n+]1CC(O)CCl. The standard InChI is InChI=1S/C23H44Cl2N3O2/c1-2-3-4-5-6-7-8-9-10-12-23-27(14-11-13-26-19-21(29)17-24)15-16-28(23)20-22(30)18-25/h15-16,21-22,26,29-30H,2-14,17-20H2,1H3/q+1. The van der Waals surface area contributed by atoms with E-state index in [1.807, 2.05) is 0 Å². The van der Waals surface area contributed by atoms with Crippen molar-refractivity contribution in [3.63, 3.8) is 0 Å². The van der Waals surface area contributed by atoms with E-state index in [-0.39, 0.29) is 11.8 Å². The highest BCUT2D eigenvalue weighted by Crippen LogP contribution is 2.11. The maximum Gasteiger partial charge on any atom is 0.256 e. The van der Waals surface area contributed by atoms with Crippen LogP contribution in [0.4, 0.5) is 0 Å². The van der Waals surface area contributed by atoms with Crippen LogP contribution >= 0.6 is 23.2 Å². The van der Waals surface area contributed by atoms with Crippen LogP contribution in [0, 0.1) is 0 Å². The number of nitrogens with zero attached hydrogens (tertiary/aromatic N) is 2. The van der Waals surface area contributed by atoms with Gasteiger partial charge in [0, 0.05) is 18.8 Å². The van der Waals surface area contributed by atoms with Gasteiger partial charge in [-0.2, -0.15) is 0 Å². The maximum atomic E-state index is 9.99. The smallest absolute Gasteiger partial charge is 0.256 e. The van der Waals surface area contributed by atoms with Crippen LogP contribution in [0.25, 0.3) is 0 Å². The quantitative estimate of drug-likeness (QED) is 0.155. The van der Waals surface area contributed by atoms with Crippen molar-refractivity contribution in [3.05, 3.63) is 18.2 Å². The molecule has 2 atom stereocenters. The zero-order valence-electron chi connectivity index (χ0n) is 18.9. The minimum absolute atomic E-state index is 0.252. The van der Waals surface area contributed by atoms with Crippen molar-refractivity contribution in [1.82, 2.24) is 9.88 Å². The Bertz CT molecular complexity index is 529. The second-order valence-corrected chi connectivity index (χ2v) is 8.93. The molecule has 7 heteroatoms. The number of imidazole rings is 1. The molecule has 2 unspecified atom stereocenters. The molecule has 0 aliphatic rings. The molecule has 0 aliphatic heterocycles. The van der Waals surface area contributed by atoms with E-state index in [1.54, 1.807) is 0 Å². The number of nitrogens with one attached hydrogen (secondary N) is 1. The number of aromatic nitrogens is 2. The van der Waals surface area contributed by atoms with Crippen molar-refractivity contribution in [3.8, 4) is 0 Å². The van der Waals surface area contributed by atoms with Gasteiger partial charge in [0.25, 0.3) is 5.82 Å². The minimum Gasteiger partial charge on any atom is -0.391 e. The van der Waals surface area contributed by atoms with Gasteiger partial charge in [0.1, 0.15) is 25.0 Å². The minimum atomic E-state index is -0.520. The molecule has 30 heavy (non-hydrogen) atoms. The van der Waals surface area contributed by atoms with Gasteiger partial charge in [-0.05, 0) is 19.4 Å². The largest absolute Gasteiger partial charge is 0.391 e. The van der Waals surface area contributed by atoms with E-state index in [2.05, 4.69) is 33.8 Å². The summed E-state index contributed by atoms with van der Waals surface area (Å²) in [5, 5.41) is 22.7. The summed E-state index contributed by atoms with van der Waals surface area (Å²) in [6.45, 7) is 5.09. The number of hydrogen-bond donors (Lipinski definition) is 3. The van der Waals surface area contributed by atoms with Gasteiger partial charge in [0.15, 0.2) is 0 Å². The Kier molecular flexibility index (Phi) is 16.9. The normalized spacial score (nSPS) is 13.6. The molecule has 0 bridgehead atoms. The second kappa shape index (κ2) is 18.3. The third kappa shape index (κ3) is 12.5. The number of alkyl halides is 2. The fourth-order valence-electron chi connectivity index (χ4n) is 3.72. The highest BCUT2D eigenvalue weighted by molar-refractivity contribution is 6.18. The molecule has 1 heterocycles. The summed E-state index contributed by atoms with van der Waals surface area (Å²) in [5.74, 6) is 1.78. The molecule has 0 saturated carbocycles. The van der Waals surface area contributed by atoms with E-state index in [4.69, 9.17) is 23.2 Å². The van der Waals surface area contributed by atoms with Crippen LogP contribution in [0.2, 0.25) is 0 Å². The average molecular weight is 466 g/mol. The van der Waals surface area contributed by atoms with Crippen molar-refractivity contribution in [2.75, 3.05) is 24.8 Å². The van der Waals surface area contributed by atoms with Gasteiger partial charge in [-0.25, -0.2) is 9.13 Å². The Morgan fingerprint density at radius 2 is 1.57 bits per heavy atom.